The predicted octanol–water partition coefficient (Wildman–Crippen LogP) is 3.51. The summed E-state index contributed by atoms with van der Waals surface area (Å²) in [5, 5.41) is 7.46. The molecule has 0 saturated heterocycles. The third-order valence-electron chi connectivity index (χ3n) is 3.44. The smallest absolute Gasteiger partial charge is 0.156 e. The lowest BCUT2D eigenvalue weighted by atomic mass is 10.2. The van der Waals surface area contributed by atoms with Gasteiger partial charge in [-0.1, -0.05) is 24.2 Å². The molecule has 0 spiro atoms. The van der Waals surface area contributed by atoms with Crippen molar-refractivity contribution in [1.29, 1.82) is 0 Å². The van der Waals surface area contributed by atoms with Gasteiger partial charge in [0.2, 0.25) is 0 Å². The highest BCUT2D eigenvalue weighted by Gasteiger charge is 2.10. The second-order valence-corrected chi connectivity index (χ2v) is 5.31. The highest BCUT2D eigenvalue weighted by Crippen LogP contribution is 2.18. The number of aromatic nitrogens is 1. The number of anilines is 1. The number of nitrogens with zero attached hydrogens (tertiary/aromatic N) is 2. The van der Waals surface area contributed by atoms with Crippen LogP contribution in [-0.2, 0) is 13.1 Å². The minimum atomic E-state index is 0.751. The maximum Gasteiger partial charge on any atom is 0.156 e. The second-order valence-electron chi connectivity index (χ2n) is 5.31. The van der Waals surface area contributed by atoms with E-state index in [1.54, 1.807) is 0 Å². The van der Waals surface area contributed by atoms with Crippen molar-refractivity contribution in [3.05, 3.63) is 47.3 Å². The fraction of sp³-hybridized carbons (Fsp3) is 0.471. The Bertz CT molecular complexity index is 550. The molecule has 114 valence electrons. The van der Waals surface area contributed by atoms with Gasteiger partial charge in [0.1, 0.15) is 0 Å². The second kappa shape index (κ2) is 7.84. The van der Waals surface area contributed by atoms with Gasteiger partial charge in [0.15, 0.2) is 5.76 Å². The van der Waals surface area contributed by atoms with E-state index in [4.69, 9.17) is 4.52 Å². The largest absolute Gasteiger partial charge is 0.364 e. The molecule has 0 aliphatic heterocycles. The van der Waals surface area contributed by atoms with Crippen molar-refractivity contribution in [3.63, 3.8) is 0 Å². The molecule has 1 N–H and O–H groups in total. The third kappa shape index (κ3) is 4.60. The van der Waals surface area contributed by atoms with Crippen LogP contribution in [0.15, 0.2) is 34.9 Å². The first-order valence-corrected chi connectivity index (χ1v) is 7.69. The Morgan fingerprint density at radius 2 is 2.10 bits per heavy atom. The molecule has 0 fully saturated rings. The zero-order valence-corrected chi connectivity index (χ0v) is 13.2. The van der Waals surface area contributed by atoms with Crippen LogP contribution in [0.3, 0.4) is 0 Å². The fourth-order valence-corrected chi connectivity index (χ4v) is 2.31. The van der Waals surface area contributed by atoms with Crippen LogP contribution >= 0.6 is 0 Å². The molecule has 4 heteroatoms. The Morgan fingerprint density at radius 3 is 2.81 bits per heavy atom. The molecular weight excluding hydrogens is 262 g/mol. The lowest BCUT2D eigenvalue weighted by Crippen LogP contribution is -2.21. The molecule has 1 aromatic heterocycles. The van der Waals surface area contributed by atoms with Gasteiger partial charge in [0.05, 0.1) is 12.2 Å². The van der Waals surface area contributed by atoms with Crippen LogP contribution in [0.5, 0.6) is 0 Å². The number of rotatable bonds is 8. The summed E-state index contributed by atoms with van der Waals surface area (Å²) in [6, 6.07) is 10.6. The van der Waals surface area contributed by atoms with Gasteiger partial charge < -0.3 is 14.7 Å². The standard InChI is InChI=1S/C17H25N3O/c1-4-9-18-12-15-11-17(21-19-15)13-20(5-2)16-8-6-7-14(3)10-16/h6-8,10-11,18H,4-5,9,12-13H2,1-3H3. The van der Waals surface area contributed by atoms with E-state index in [2.05, 4.69) is 60.4 Å². The maximum absolute atomic E-state index is 5.45. The Balaban J connectivity index is 1.98. The molecule has 0 saturated carbocycles. The number of hydrogen-bond acceptors (Lipinski definition) is 4. The topological polar surface area (TPSA) is 41.3 Å². The summed E-state index contributed by atoms with van der Waals surface area (Å²) in [4.78, 5) is 2.29. The van der Waals surface area contributed by atoms with Crippen LogP contribution in [-0.4, -0.2) is 18.2 Å². The molecule has 2 aromatic rings. The molecule has 0 bridgehead atoms. The molecule has 0 unspecified atom stereocenters. The molecule has 4 nitrogen and oxygen atoms in total. The average Bonchev–Trinajstić information content (AvgIpc) is 2.92. The Kier molecular flexibility index (Phi) is 5.81. The monoisotopic (exact) mass is 287 g/mol. The van der Waals surface area contributed by atoms with Crippen molar-refractivity contribution in [2.75, 3.05) is 18.0 Å². The van der Waals surface area contributed by atoms with Crippen LogP contribution < -0.4 is 10.2 Å². The van der Waals surface area contributed by atoms with E-state index < -0.39 is 0 Å². The first-order chi connectivity index (χ1) is 10.2. The molecule has 0 aliphatic carbocycles. The number of nitrogens with one attached hydrogen (secondary N) is 1. The summed E-state index contributed by atoms with van der Waals surface area (Å²) in [5.41, 5.74) is 3.46. The highest BCUT2D eigenvalue weighted by molar-refractivity contribution is 5.48. The predicted molar refractivity (Wildman–Crippen MR) is 86.4 cm³/mol. The number of hydrogen-bond donors (Lipinski definition) is 1. The molecule has 2 rings (SSSR count). The summed E-state index contributed by atoms with van der Waals surface area (Å²) in [6.45, 7) is 9.89. The van der Waals surface area contributed by atoms with Gasteiger partial charge in [-0.2, -0.15) is 0 Å². The lowest BCUT2D eigenvalue weighted by molar-refractivity contribution is 0.373. The zero-order chi connectivity index (χ0) is 15.1. The highest BCUT2D eigenvalue weighted by atomic mass is 16.5. The SMILES string of the molecule is CCCNCc1cc(CN(CC)c2cccc(C)c2)on1. The molecule has 0 atom stereocenters. The van der Waals surface area contributed by atoms with Gasteiger partial charge in [-0.3, -0.25) is 0 Å². The van der Waals surface area contributed by atoms with Crippen molar-refractivity contribution in [2.24, 2.45) is 0 Å². The molecule has 1 aromatic carbocycles. The van der Waals surface area contributed by atoms with Crippen molar-refractivity contribution >= 4 is 5.69 Å². The molecular formula is C17H25N3O. The fourth-order valence-electron chi connectivity index (χ4n) is 2.31. The van der Waals surface area contributed by atoms with Gasteiger partial charge in [0.25, 0.3) is 0 Å². The van der Waals surface area contributed by atoms with Crippen molar-refractivity contribution in [3.8, 4) is 0 Å². The van der Waals surface area contributed by atoms with E-state index in [0.29, 0.717) is 0 Å². The van der Waals surface area contributed by atoms with Crippen LogP contribution in [0.25, 0.3) is 0 Å². The Hall–Kier alpha value is -1.81. The number of aryl methyl sites for hydroxylation is 1. The maximum atomic E-state index is 5.45. The molecule has 0 amide bonds. The molecule has 1 heterocycles. The summed E-state index contributed by atoms with van der Waals surface area (Å²) < 4.78 is 5.45. The summed E-state index contributed by atoms with van der Waals surface area (Å²) in [6.07, 6.45) is 1.13. The van der Waals surface area contributed by atoms with E-state index in [1.807, 2.05) is 6.07 Å². The third-order valence-corrected chi connectivity index (χ3v) is 3.44. The van der Waals surface area contributed by atoms with Crippen LogP contribution in [0.2, 0.25) is 0 Å². The van der Waals surface area contributed by atoms with Gasteiger partial charge in [-0.05, 0) is 44.5 Å². The lowest BCUT2D eigenvalue weighted by Gasteiger charge is -2.21. The Morgan fingerprint density at radius 1 is 1.24 bits per heavy atom. The van der Waals surface area contributed by atoms with E-state index >= 15 is 0 Å². The van der Waals surface area contributed by atoms with Crippen LogP contribution in [0, 0.1) is 6.92 Å². The van der Waals surface area contributed by atoms with Crippen LogP contribution in [0.4, 0.5) is 5.69 Å². The van der Waals surface area contributed by atoms with Gasteiger partial charge in [-0.25, -0.2) is 0 Å². The molecule has 21 heavy (non-hydrogen) atoms. The summed E-state index contributed by atoms with van der Waals surface area (Å²) in [7, 11) is 0. The van der Waals surface area contributed by atoms with E-state index in [-0.39, 0.29) is 0 Å². The van der Waals surface area contributed by atoms with E-state index in [0.717, 1.165) is 44.1 Å². The van der Waals surface area contributed by atoms with E-state index in [9.17, 15) is 0 Å². The van der Waals surface area contributed by atoms with Crippen molar-refractivity contribution in [1.82, 2.24) is 10.5 Å². The number of benzene rings is 1. The van der Waals surface area contributed by atoms with Gasteiger partial charge in [-0.15, -0.1) is 0 Å². The summed E-state index contributed by atoms with van der Waals surface area (Å²) in [5.74, 6) is 0.909. The van der Waals surface area contributed by atoms with E-state index in [1.165, 1.54) is 11.3 Å². The normalized spacial score (nSPS) is 10.8. The molecule has 0 aliphatic rings. The van der Waals surface area contributed by atoms with Crippen LogP contribution in [0.1, 0.15) is 37.3 Å². The quantitative estimate of drug-likeness (QED) is 0.754. The first-order valence-electron chi connectivity index (χ1n) is 7.69. The van der Waals surface area contributed by atoms with Gasteiger partial charge in [0, 0.05) is 24.8 Å². The first kappa shape index (κ1) is 15.6. The average molecular weight is 287 g/mol. The summed E-state index contributed by atoms with van der Waals surface area (Å²) >= 11 is 0. The Labute approximate surface area is 127 Å². The minimum Gasteiger partial charge on any atom is -0.364 e. The van der Waals surface area contributed by atoms with Crippen molar-refractivity contribution < 1.29 is 4.52 Å². The molecule has 0 radical (unpaired) electrons. The van der Waals surface area contributed by atoms with Crippen molar-refractivity contribution in [2.45, 2.75) is 40.3 Å². The van der Waals surface area contributed by atoms with Gasteiger partial charge >= 0.3 is 0 Å². The minimum absolute atomic E-state index is 0.751. The zero-order valence-electron chi connectivity index (χ0n) is 13.2.